The van der Waals surface area contributed by atoms with Gasteiger partial charge in [0.25, 0.3) is 0 Å². The maximum Gasteiger partial charge on any atom is 0.371 e. The number of rotatable bonds is 3. The summed E-state index contributed by atoms with van der Waals surface area (Å²) >= 11 is 0. The molecule has 1 N–H and O–H groups in total. The first-order valence-corrected chi connectivity index (χ1v) is 4.68. The van der Waals surface area contributed by atoms with Crippen molar-refractivity contribution in [3.05, 3.63) is 12.7 Å². The summed E-state index contributed by atoms with van der Waals surface area (Å²) in [7, 11) is -3.42. The summed E-state index contributed by atoms with van der Waals surface area (Å²) in [6.07, 6.45) is 1.14. The molecular formula is C6H12FNO4S. The fourth-order valence-corrected chi connectivity index (χ4v) is 0.201. The van der Waals surface area contributed by atoms with Crippen LogP contribution in [0, 0.1) is 0 Å². The van der Waals surface area contributed by atoms with E-state index in [-0.39, 0.29) is 5.97 Å². The van der Waals surface area contributed by atoms with E-state index in [1.54, 1.807) is 6.92 Å². The lowest BCUT2D eigenvalue weighted by molar-refractivity contribution is -0.137. The summed E-state index contributed by atoms with van der Waals surface area (Å²) in [5, 5.41) is 0. The third-order valence-corrected chi connectivity index (χ3v) is 1.18. The van der Waals surface area contributed by atoms with E-state index in [9.17, 15) is 17.1 Å². The number of carbonyl (C=O) groups is 1. The first-order chi connectivity index (χ1) is 5.87. The Hall–Kier alpha value is -0.950. The van der Waals surface area contributed by atoms with E-state index in [0.29, 0.717) is 6.61 Å². The second kappa shape index (κ2) is 7.69. The van der Waals surface area contributed by atoms with E-state index in [0.717, 1.165) is 13.1 Å². The highest BCUT2D eigenvalue weighted by Crippen LogP contribution is 1.75. The van der Waals surface area contributed by atoms with Gasteiger partial charge in [0.15, 0.2) is 0 Å². The highest BCUT2D eigenvalue weighted by Gasteiger charge is 1.95. The summed E-state index contributed by atoms with van der Waals surface area (Å²) in [4.78, 5) is 10.1. The molecule has 13 heavy (non-hydrogen) atoms. The van der Waals surface area contributed by atoms with Gasteiger partial charge in [-0.3, -0.25) is 0 Å². The molecule has 0 spiro atoms. The largest absolute Gasteiger partial charge is 0.463 e. The molecule has 0 aliphatic carbocycles. The minimum absolute atomic E-state index is 0.359. The van der Waals surface area contributed by atoms with E-state index in [1.165, 1.54) is 4.72 Å². The Morgan fingerprint density at radius 2 is 2.08 bits per heavy atom. The van der Waals surface area contributed by atoms with Gasteiger partial charge in [-0.15, -0.1) is 0 Å². The van der Waals surface area contributed by atoms with Crippen molar-refractivity contribution < 1.29 is 21.8 Å². The van der Waals surface area contributed by atoms with Crippen LogP contribution >= 0.6 is 0 Å². The van der Waals surface area contributed by atoms with Crippen molar-refractivity contribution in [2.24, 2.45) is 0 Å². The molecule has 0 atom stereocenters. The number of hydrogen-bond acceptors (Lipinski definition) is 4. The molecule has 0 aromatic heterocycles. The van der Waals surface area contributed by atoms with Crippen molar-refractivity contribution in [3.63, 3.8) is 0 Å². The second-order valence-corrected chi connectivity index (χ2v) is 2.88. The summed E-state index contributed by atoms with van der Waals surface area (Å²) in [5.41, 5.74) is 0. The predicted octanol–water partition coefficient (Wildman–Crippen LogP) is 0.156. The molecule has 0 saturated carbocycles. The first-order valence-electron chi connectivity index (χ1n) is 3.29. The van der Waals surface area contributed by atoms with Gasteiger partial charge in [0.2, 0.25) is 0 Å². The van der Waals surface area contributed by atoms with Gasteiger partial charge >= 0.3 is 16.4 Å². The quantitative estimate of drug-likeness (QED) is 0.411. The highest BCUT2D eigenvalue weighted by atomic mass is 32.3. The lowest BCUT2D eigenvalue weighted by Crippen LogP contribution is -2.11. The normalized spacial score (nSPS) is 9.46. The third kappa shape index (κ3) is 18.2. The summed E-state index contributed by atoms with van der Waals surface area (Å²) in [5.74, 6) is -0.359. The molecule has 5 nitrogen and oxygen atoms in total. The Labute approximate surface area is 76.9 Å². The number of hydrogen-bond donors (Lipinski definition) is 1. The number of halogens is 1. The fraction of sp³-hybridized carbons (Fsp3) is 0.500. The molecule has 0 saturated heterocycles. The standard InChI is InChI=1S/C5H8O2.CH4FNO2S/c1-3-5(6)7-4-2;1-3-6(2,4)5/h3H,1,4H2,2H3;3H,1H3. The predicted molar refractivity (Wildman–Crippen MR) is 45.9 cm³/mol. The topological polar surface area (TPSA) is 72.5 Å². The van der Waals surface area contributed by atoms with Gasteiger partial charge in [0.1, 0.15) is 0 Å². The molecule has 0 fully saturated rings. The molecule has 0 aliphatic rings. The Bertz CT molecular complexity index is 249. The van der Waals surface area contributed by atoms with Gasteiger partial charge in [-0.2, -0.15) is 13.1 Å². The zero-order valence-corrected chi connectivity index (χ0v) is 8.23. The van der Waals surface area contributed by atoms with Crippen molar-refractivity contribution >= 4 is 16.4 Å². The van der Waals surface area contributed by atoms with E-state index >= 15 is 0 Å². The minimum Gasteiger partial charge on any atom is -0.463 e. The van der Waals surface area contributed by atoms with Gasteiger partial charge in [-0.1, -0.05) is 10.5 Å². The Balaban J connectivity index is 0. The Kier molecular flexibility index (Phi) is 8.61. The van der Waals surface area contributed by atoms with Crippen molar-refractivity contribution in [1.29, 1.82) is 0 Å². The number of esters is 1. The molecule has 0 aromatic rings. The SMILES string of the molecule is C=CC(=O)OCC.CNS(=O)(=O)F. The molecule has 0 rings (SSSR count). The van der Waals surface area contributed by atoms with Crippen LogP contribution in [-0.2, 0) is 19.9 Å². The smallest absolute Gasteiger partial charge is 0.371 e. The van der Waals surface area contributed by atoms with Crippen LogP contribution in [0.5, 0.6) is 0 Å². The second-order valence-electron chi connectivity index (χ2n) is 1.60. The molecule has 0 radical (unpaired) electrons. The Morgan fingerprint density at radius 3 is 2.15 bits per heavy atom. The van der Waals surface area contributed by atoms with Crippen molar-refractivity contribution in [3.8, 4) is 0 Å². The monoisotopic (exact) mass is 213 g/mol. The van der Waals surface area contributed by atoms with Crippen LogP contribution < -0.4 is 4.72 Å². The molecular weight excluding hydrogens is 201 g/mol. The van der Waals surface area contributed by atoms with Crippen molar-refractivity contribution in [1.82, 2.24) is 4.72 Å². The number of carbonyl (C=O) groups excluding carboxylic acids is 1. The lowest BCUT2D eigenvalue weighted by atomic mass is 10.6. The molecule has 0 amide bonds. The maximum absolute atomic E-state index is 11.0. The lowest BCUT2D eigenvalue weighted by Gasteiger charge is -1.90. The van der Waals surface area contributed by atoms with Crippen LogP contribution in [0.3, 0.4) is 0 Å². The van der Waals surface area contributed by atoms with Gasteiger partial charge in [-0.05, 0) is 6.92 Å². The van der Waals surface area contributed by atoms with E-state index in [2.05, 4.69) is 11.3 Å². The van der Waals surface area contributed by atoms with Gasteiger partial charge in [0.05, 0.1) is 6.61 Å². The highest BCUT2D eigenvalue weighted by molar-refractivity contribution is 7.84. The van der Waals surface area contributed by atoms with Crippen LogP contribution in [-0.4, -0.2) is 28.0 Å². The minimum atomic E-state index is -4.41. The Morgan fingerprint density at radius 1 is 1.69 bits per heavy atom. The van der Waals surface area contributed by atoms with Crippen LogP contribution in [0.1, 0.15) is 6.92 Å². The third-order valence-electron chi connectivity index (χ3n) is 0.697. The average molecular weight is 213 g/mol. The van der Waals surface area contributed by atoms with Gasteiger partial charge < -0.3 is 4.74 Å². The zero-order valence-electron chi connectivity index (χ0n) is 7.41. The summed E-state index contributed by atoms with van der Waals surface area (Å²) < 4.78 is 35.3. The van der Waals surface area contributed by atoms with Gasteiger partial charge in [0, 0.05) is 13.1 Å². The molecule has 0 heterocycles. The zero-order chi connectivity index (χ0) is 10.9. The van der Waals surface area contributed by atoms with E-state index in [1.807, 2.05) is 0 Å². The summed E-state index contributed by atoms with van der Waals surface area (Å²) in [6.45, 7) is 5.38. The van der Waals surface area contributed by atoms with Crippen LogP contribution in [0.4, 0.5) is 3.89 Å². The van der Waals surface area contributed by atoms with Crippen LogP contribution in [0.2, 0.25) is 0 Å². The van der Waals surface area contributed by atoms with Crippen molar-refractivity contribution in [2.45, 2.75) is 6.92 Å². The van der Waals surface area contributed by atoms with Crippen LogP contribution in [0.15, 0.2) is 12.7 Å². The fourth-order valence-electron chi connectivity index (χ4n) is 0.201. The average Bonchev–Trinajstić information content (AvgIpc) is 2.05. The maximum atomic E-state index is 11.0. The number of nitrogens with one attached hydrogen (secondary N) is 1. The summed E-state index contributed by atoms with van der Waals surface area (Å²) in [6, 6.07) is 0. The molecule has 7 heteroatoms. The molecule has 0 aliphatic heterocycles. The van der Waals surface area contributed by atoms with Crippen molar-refractivity contribution in [2.75, 3.05) is 13.7 Å². The number of ether oxygens (including phenoxy) is 1. The van der Waals surface area contributed by atoms with E-state index in [4.69, 9.17) is 0 Å². The molecule has 78 valence electrons. The van der Waals surface area contributed by atoms with E-state index < -0.39 is 10.4 Å². The molecule has 0 bridgehead atoms. The van der Waals surface area contributed by atoms with Gasteiger partial charge in [-0.25, -0.2) is 4.79 Å². The molecule has 0 aromatic carbocycles. The first kappa shape index (κ1) is 14.6. The van der Waals surface area contributed by atoms with Crippen LogP contribution in [0.25, 0.3) is 0 Å². The molecule has 0 unspecified atom stereocenters.